The molecule has 4 N–H and O–H groups in total. The molecule has 0 saturated heterocycles. The minimum Gasteiger partial charge on any atom is -0.508 e. The largest absolute Gasteiger partial charge is 0.508 e. The van der Waals surface area contributed by atoms with Crippen LogP contribution in [-0.2, 0) is 0 Å². The summed E-state index contributed by atoms with van der Waals surface area (Å²) in [7, 11) is 0. The smallest absolute Gasteiger partial charge is 0.189 e. The number of benzene rings is 2. The molecule has 1 atom stereocenters. The van der Waals surface area contributed by atoms with Gasteiger partial charge in [0.15, 0.2) is 5.78 Å². The number of phenols is 4. The maximum Gasteiger partial charge on any atom is 0.189 e. The van der Waals surface area contributed by atoms with E-state index >= 15 is 0 Å². The van der Waals surface area contributed by atoms with Crippen molar-refractivity contribution in [2.24, 2.45) is 0 Å². The van der Waals surface area contributed by atoms with Gasteiger partial charge in [0.25, 0.3) is 0 Å². The fourth-order valence-corrected chi connectivity index (χ4v) is 2.29. The first-order valence-electron chi connectivity index (χ1n) is 7.27. The van der Waals surface area contributed by atoms with E-state index in [-0.39, 0.29) is 40.0 Å². The van der Waals surface area contributed by atoms with Crippen molar-refractivity contribution in [3.63, 3.8) is 0 Å². The second kappa shape index (κ2) is 6.91. The van der Waals surface area contributed by atoms with E-state index in [0.29, 0.717) is 5.56 Å². The molecule has 0 radical (unpaired) electrons. The zero-order chi connectivity index (χ0) is 17.9. The van der Waals surface area contributed by atoms with Gasteiger partial charge >= 0.3 is 0 Å². The highest BCUT2D eigenvalue weighted by Gasteiger charge is 2.19. The SMILES string of the molecule is C=CC(C)c1c(O)ccc(C(=O)C=Cc2ccc(O)cc2O)c1O. The van der Waals surface area contributed by atoms with Crippen LogP contribution in [0, 0.1) is 0 Å². The molecule has 2 aromatic rings. The number of hydrogen-bond donors (Lipinski definition) is 4. The average molecular weight is 326 g/mol. The molecule has 0 amide bonds. The molecule has 0 aromatic heterocycles. The third-order valence-corrected chi connectivity index (χ3v) is 3.70. The van der Waals surface area contributed by atoms with E-state index in [1.807, 2.05) is 0 Å². The van der Waals surface area contributed by atoms with Crippen LogP contribution in [0.2, 0.25) is 0 Å². The summed E-state index contributed by atoms with van der Waals surface area (Å²) in [6, 6.07) is 6.66. The highest BCUT2D eigenvalue weighted by atomic mass is 16.3. The number of carbonyl (C=O) groups is 1. The number of carbonyl (C=O) groups excluding carboxylic acids is 1. The van der Waals surface area contributed by atoms with E-state index in [1.165, 1.54) is 36.4 Å². The summed E-state index contributed by atoms with van der Waals surface area (Å²) in [6.07, 6.45) is 4.12. The van der Waals surface area contributed by atoms with Crippen LogP contribution in [0.4, 0.5) is 0 Å². The van der Waals surface area contributed by atoms with Crippen LogP contribution in [0.25, 0.3) is 6.08 Å². The van der Waals surface area contributed by atoms with Gasteiger partial charge < -0.3 is 20.4 Å². The van der Waals surface area contributed by atoms with Crippen LogP contribution in [0.1, 0.15) is 34.3 Å². The third-order valence-electron chi connectivity index (χ3n) is 3.70. The van der Waals surface area contributed by atoms with E-state index < -0.39 is 5.78 Å². The van der Waals surface area contributed by atoms with Crippen molar-refractivity contribution in [3.8, 4) is 23.0 Å². The van der Waals surface area contributed by atoms with Crippen LogP contribution in [0.3, 0.4) is 0 Å². The molecule has 0 heterocycles. The summed E-state index contributed by atoms with van der Waals surface area (Å²) in [5.74, 6) is -1.49. The highest BCUT2D eigenvalue weighted by Crippen LogP contribution is 2.37. The van der Waals surface area contributed by atoms with Gasteiger partial charge in [-0.3, -0.25) is 4.79 Å². The number of hydrogen-bond acceptors (Lipinski definition) is 5. The number of phenolic OH excluding ortho intramolecular Hbond substituents is 4. The molecule has 124 valence electrons. The highest BCUT2D eigenvalue weighted by molar-refractivity contribution is 6.09. The van der Waals surface area contributed by atoms with E-state index in [1.54, 1.807) is 13.0 Å². The first-order chi connectivity index (χ1) is 11.3. The lowest BCUT2D eigenvalue weighted by atomic mass is 9.95. The number of ketones is 1. The standard InChI is InChI=1S/C19H18O5/c1-3-11(2)18-16(22)9-7-14(19(18)24)15(21)8-5-12-4-6-13(20)10-17(12)23/h3-11,20,22-24H,1H2,2H3. The molecule has 0 aliphatic rings. The number of allylic oxidation sites excluding steroid dienone is 2. The fourth-order valence-electron chi connectivity index (χ4n) is 2.29. The summed E-state index contributed by atoms with van der Waals surface area (Å²) in [6.45, 7) is 5.35. The third kappa shape index (κ3) is 3.41. The predicted molar refractivity (Wildman–Crippen MR) is 91.5 cm³/mol. The van der Waals surface area contributed by atoms with Crippen molar-refractivity contribution in [3.05, 3.63) is 65.8 Å². The predicted octanol–water partition coefficient (Wildman–Crippen LogP) is 3.69. The Hall–Kier alpha value is -3.21. The molecule has 0 fully saturated rings. The van der Waals surface area contributed by atoms with Gasteiger partial charge in [-0.2, -0.15) is 0 Å². The Labute approximate surface area is 139 Å². The maximum absolute atomic E-state index is 12.3. The molecule has 5 heteroatoms. The minimum atomic E-state index is -0.488. The minimum absolute atomic E-state index is 0.0334. The normalized spacial score (nSPS) is 12.2. The Morgan fingerprint density at radius 1 is 1.08 bits per heavy atom. The molecule has 2 aromatic carbocycles. The Balaban J connectivity index is 2.36. The first kappa shape index (κ1) is 17.1. The van der Waals surface area contributed by atoms with Crippen molar-refractivity contribution >= 4 is 11.9 Å². The molecule has 0 spiro atoms. The van der Waals surface area contributed by atoms with Gasteiger partial charge in [0.1, 0.15) is 23.0 Å². The number of aromatic hydroxyl groups is 4. The van der Waals surface area contributed by atoms with E-state index in [0.717, 1.165) is 6.07 Å². The lowest BCUT2D eigenvalue weighted by molar-refractivity contribution is 0.104. The molecule has 5 nitrogen and oxygen atoms in total. The Morgan fingerprint density at radius 3 is 2.42 bits per heavy atom. The average Bonchev–Trinajstić information content (AvgIpc) is 2.53. The lowest BCUT2D eigenvalue weighted by Crippen LogP contribution is -2.00. The summed E-state index contributed by atoms with van der Waals surface area (Å²) in [4.78, 5) is 12.3. The molecule has 1 unspecified atom stereocenters. The number of rotatable bonds is 5. The summed E-state index contributed by atoms with van der Waals surface area (Å²) in [5.41, 5.74) is 0.613. The van der Waals surface area contributed by atoms with Gasteiger partial charge in [-0.15, -0.1) is 6.58 Å². The molecular formula is C19H18O5. The van der Waals surface area contributed by atoms with Gasteiger partial charge in [-0.05, 0) is 36.4 Å². The van der Waals surface area contributed by atoms with Crippen LogP contribution >= 0.6 is 0 Å². The van der Waals surface area contributed by atoms with E-state index in [9.17, 15) is 25.2 Å². The van der Waals surface area contributed by atoms with Crippen molar-refractivity contribution in [2.45, 2.75) is 12.8 Å². The molecular weight excluding hydrogens is 308 g/mol. The van der Waals surface area contributed by atoms with Crippen LogP contribution < -0.4 is 0 Å². The maximum atomic E-state index is 12.3. The fraction of sp³-hybridized carbons (Fsp3) is 0.105. The zero-order valence-electron chi connectivity index (χ0n) is 13.1. The van der Waals surface area contributed by atoms with Gasteiger partial charge in [-0.1, -0.05) is 13.0 Å². The summed E-state index contributed by atoms with van der Waals surface area (Å²) < 4.78 is 0. The first-order valence-corrected chi connectivity index (χ1v) is 7.27. The topological polar surface area (TPSA) is 98.0 Å². The van der Waals surface area contributed by atoms with Crippen LogP contribution in [-0.4, -0.2) is 26.2 Å². The van der Waals surface area contributed by atoms with Crippen molar-refractivity contribution in [1.29, 1.82) is 0 Å². The second-order valence-corrected chi connectivity index (χ2v) is 5.36. The van der Waals surface area contributed by atoms with Gasteiger partial charge in [0.05, 0.1) is 5.56 Å². The Bertz CT molecular complexity index is 821. The summed E-state index contributed by atoms with van der Waals surface area (Å²) in [5, 5.41) is 39.1. The van der Waals surface area contributed by atoms with Crippen LogP contribution in [0.5, 0.6) is 23.0 Å². The molecule has 2 rings (SSSR count). The molecule has 0 saturated carbocycles. The summed E-state index contributed by atoms with van der Waals surface area (Å²) >= 11 is 0. The van der Waals surface area contributed by atoms with Crippen molar-refractivity contribution in [1.82, 2.24) is 0 Å². The quantitative estimate of drug-likeness (QED) is 0.381. The zero-order valence-corrected chi connectivity index (χ0v) is 13.1. The van der Waals surface area contributed by atoms with Gasteiger partial charge in [-0.25, -0.2) is 0 Å². The van der Waals surface area contributed by atoms with Gasteiger partial charge in [0.2, 0.25) is 0 Å². The Kier molecular flexibility index (Phi) is 4.94. The van der Waals surface area contributed by atoms with E-state index in [4.69, 9.17) is 0 Å². The van der Waals surface area contributed by atoms with Gasteiger partial charge in [0, 0.05) is 23.1 Å². The molecule has 24 heavy (non-hydrogen) atoms. The molecule has 0 aliphatic heterocycles. The van der Waals surface area contributed by atoms with E-state index in [2.05, 4.69) is 6.58 Å². The molecule has 0 bridgehead atoms. The Morgan fingerprint density at radius 2 is 1.79 bits per heavy atom. The lowest BCUT2D eigenvalue weighted by Gasteiger charge is -2.13. The monoisotopic (exact) mass is 326 g/mol. The van der Waals surface area contributed by atoms with Crippen LogP contribution in [0.15, 0.2) is 49.1 Å². The van der Waals surface area contributed by atoms with Crippen molar-refractivity contribution < 1.29 is 25.2 Å². The molecule has 0 aliphatic carbocycles. The van der Waals surface area contributed by atoms with Crippen molar-refractivity contribution in [2.75, 3.05) is 0 Å². The second-order valence-electron chi connectivity index (χ2n) is 5.36.